The smallest absolute Gasteiger partial charge is 0.302 e. The number of hydrogen-bond acceptors (Lipinski definition) is 12. The second-order valence-electron chi connectivity index (χ2n) is 18.6. The summed E-state index contributed by atoms with van der Waals surface area (Å²) in [6.07, 6.45) is -9.12. The fourth-order valence-electron chi connectivity index (χ4n) is 9.18. The number of benzene rings is 7. The largest absolute Gasteiger partial charge is 0.463 e. The van der Waals surface area contributed by atoms with Crippen molar-refractivity contribution < 1.29 is 56.9 Å². The van der Waals surface area contributed by atoms with Gasteiger partial charge in [-0.15, -0.1) is 0 Å². The molecule has 0 radical (unpaired) electrons. The molecule has 75 heavy (non-hydrogen) atoms. The van der Waals surface area contributed by atoms with Gasteiger partial charge in [0.1, 0.15) is 55.4 Å². The number of hydrogen-bond donors (Lipinski definition) is 0. The summed E-state index contributed by atoms with van der Waals surface area (Å²) < 4.78 is 75.6. The van der Waals surface area contributed by atoms with Gasteiger partial charge in [0.15, 0.2) is 12.6 Å². The van der Waals surface area contributed by atoms with Gasteiger partial charge in [-0.3, -0.25) is 4.79 Å². The summed E-state index contributed by atoms with van der Waals surface area (Å²) in [5.41, 5.74) is 6.66. The molecule has 0 aromatic heterocycles. The third-order valence-electron chi connectivity index (χ3n) is 13.0. The Balaban J connectivity index is 1.11. The maximum atomic E-state index is 12.6. The second-order valence-corrected chi connectivity index (χ2v) is 18.6. The molecule has 2 heterocycles. The lowest BCUT2D eigenvalue weighted by atomic mass is 9.96. The van der Waals surface area contributed by atoms with E-state index in [2.05, 4.69) is 0 Å². The summed E-state index contributed by atoms with van der Waals surface area (Å²) >= 11 is 0. The highest BCUT2D eigenvalue weighted by Crippen LogP contribution is 2.37. The summed E-state index contributed by atoms with van der Waals surface area (Å²) in [6, 6.07) is 69.5. The van der Waals surface area contributed by atoms with Crippen LogP contribution in [0.15, 0.2) is 212 Å². The summed E-state index contributed by atoms with van der Waals surface area (Å²) in [5.74, 6) is -0.481. The van der Waals surface area contributed by atoms with Crippen LogP contribution in [0.5, 0.6) is 0 Å². The predicted molar refractivity (Wildman–Crippen MR) is 281 cm³/mol. The molecule has 10 atom stereocenters. The summed E-state index contributed by atoms with van der Waals surface area (Å²) in [5, 5.41) is 0. The average Bonchev–Trinajstić information content (AvgIpc) is 3.46. The molecule has 0 saturated carbocycles. The zero-order valence-corrected chi connectivity index (χ0v) is 42.2. The highest BCUT2D eigenvalue weighted by Gasteiger charge is 2.54. The summed E-state index contributed by atoms with van der Waals surface area (Å²) in [4.78, 5) is 12.6. The van der Waals surface area contributed by atoms with Crippen LogP contribution in [-0.4, -0.2) is 80.6 Å². The summed E-state index contributed by atoms with van der Waals surface area (Å²) in [7, 11) is 0. The molecule has 7 aromatic rings. The highest BCUT2D eigenvalue weighted by atomic mass is 16.8. The van der Waals surface area contributed by atoms with Crippen LogP contribution in [-0.2, 0) is 103 Å². The first-order valence-electron chi connectivity index (χ1n) is 25.7. The van der Waals surface area contributed by atoms with E-state index in [4.69, 9.17) is 52.1 Å². The van der Waals surface area contributed by atoms with Gasteiger partial charge in [-0.2, -0.15) is 0 Å². The first kappa shape index (κ1) is 53.4. The molecular formula is C63H66O12. The van der Waals surface area contributed by atoms with E-state index in [1.165, 1.54) is 6.92 Å². The van der Waals surface area contributed by atoms with E-state index >= 15 is 0 Å². The standard InChI is InChI=1S/C63H66O12/c1-46(64)66-45-55-57(68-39-49-27-13-4-14-28-49)59(70-41-51-31-17-6-18-32-51)61(72-43-53-35-21-8-22-36-53)63(74-55)75-62-60(71-42-52-33-19-7-20-34-52)58(69-40-50-29-15-5-16-30-50)56(67-38-48-25-11-3-12-26-48)54(73-62)44-65-37-47-23-9-2-10-24-47/h2-36,54-63H,37-45H2,1H3/t54-,55-,56+,57-,58+,59+,60-,61-,62-,63+/m1/s1. The molecule has 2 fully saturated rings. The zero-order valence-electron chi connectivity index (χ0n) is 42.2. The Kier molecular flexibility index (Phi) is 20.3. The van der Waals surface area contributed by atoms with E-state index < -0.39 is 67.4 Å². The molecule has 2 aliphatic rings. The van der Waals surface area contributed by atoms with Gasteiger partial charge in [0.25, 0.3) is 0 Å². The lowest BCUT2D eigenvalue weighted by molar-refractivity contribution is -0.394. The van der Waals surface area contributed by atoms with Crippen molar-refractivity contribution in [2.45, 2.75) is 115 Å². The molecule has 2 saturated heterocycles. The minimum atomic E-state index is -1.22. The van der Waals surface area contributed by atoms with E-state index in [9.17, 15) is 4.79 Å². The van der Waals surface area contributed by atoms with Crippen molar-refractivity contribution in [1.82, 2.24) is 0 Å². The highest BCUT2D eigenvalue weighted by molar-refractivity contribution is 5.65. The Morgan fingerprint density at radius 1 is 0.333 bits per heavy atom. The van der Waals surface area contributed by atoms with Crippen LogP contribution in [0.1, 0.15) is 45.9 Å². The Labute approximate surface area is 440 Å². The monoisotopic (exact) mass is 1010 g/mol. The Morgan fingerprint density at radius 2 is 0.587 bits per heavy atom. The first-order valence-corrected chi connectivity index (χ1v) is 25.7. The van der Waals surface area contributed by atoms with Crippen molar-refractivity contribution in [2.24, 2.45) is 0 Å². The molecule has 7 aromatic carbocycles. The van der Waals surface area contributed by atoms with Crippen LogP contribution >= 0.6 is 0 Å². The zero-order chi connectivity index (χ0) is 51.3. The number of carbonyl (C=O) groups excluding carboxylic acids is 1. The van der Waals surface area contributed by atoms with E-state index in [0.29, 0.717) is 6.61 Å². The van der Waals surface area contributed by atoms with Gasteiger partial charge in [-0.05, 0) is 38.9 Å². The molecule has 12 nitrogen and oxygen atoms in total. The van der Waals surface area contributed by atoms with E-state index in [1.54, 1.807) is 0 Å². The molecule has 2 aliphatic heterocycles. The number of rotatable bonds is 26. The van der Waals surface area contributed by atoms with Gasteiger partial charge < -0.3 is 52.1 Å². The van der Waals surface area contributed by atoms with Crippen molar-refractivity contribution in [3.8, 4) is 0 Å². The van der Waals surface area contributed by atoms with Gasteiger partial charge in [0.2, 0.25) is 0 Å². The topological polar surface area (TPSA) is 119 Å². The third-order valence-corrected chi connectivity index (χ3v) is 13.0. The SMILES string of the molecule is CC(=O)OC[C@H]1O[C@@H](O[C@H]2O[C@H](COCc3ccccc3)[C@H](OCc3ccccc3)[C@H](OCc3ccccc3)[C@H]2OCc2ccccc2)[C@H](OCc2ccccc2)[C@@H](OCc2ccccc2)[C@@H]1OCc1ccccc1. The number of carbonyl (C=O) groups is 1. The normalized spacial score (nSPS) is 23.6. The van der Waals surface area contributed by atoms with Gasteiger partial charge in [0, 0.05) is 6.92 Å². The minimum Gasteiger partial charge on any atom is -0.463 e. The van der Waals surface area contributed by atoms with Crippen molar-refractivity contribution >= 4 is 5.97 Å². The van der Waals surface area contributed by atoms with Gasteiger partial charge in [-0.25, -0.2) is 0 Å². The molecule has 0 unspecified atom stereocenters. The van der Waals surface area contributed by atoms with Crippen molar-refractivity contribution in [3.63, 3.8) is 0 Å². The lowest BCUT2D eigenvalue weighted by Gasteiger charge is -2.49. The number of esters is 1. The molecule has 0 bridgehead atoms. The van der Waals surface area contributed by atoms with Crippen molar-refractivity contribution in [2.75, 3.05) is 13.2 Å². The molecule has 0 spiro atoms. The Bertz CT molecular complexity index is 2670. The average molecular weight is 1020 g/mol. The van der Waals surface area contributed by atoms with Crippen LogP contribution < -0.4 is 0 Å². The van der Waals surface area contributed by atoms with E-state index in [-0.39, 0.29) is 52.9 Å². The summed E-state index contributed by atoms with van der Waals surface area (Å²) in [6.45, 7) is 2.90. The molecule has 0 amide bonds. The van der Waals surface area contributed by atoms with Crippen LogP contribution in [0.4, 0.5) is 0 Å². The molecule has 0 N–H and O–H groups in total. The van der Waals surface area contributed by atoms with Crippen LogP contribution in [0.2, 0.25) is 0 Å². The second kappa shape index (κ2) is 28.5. The predicted octanol–water partition coefficient (Wildman–Crippen LogP) is 10.7. The molecular weight excluding hydrogens is 949 g/mol. The third kappa shape index (κ3) is 16.1. The van der Waals surface area contributed by atoms with Gasteiger partial charge >= 0.3 is 5.97 Å². The van der Waals surface area contributed by atoms with Crippen LogP contribution in [0.3, 0.4) is 0 Å². The van der Waals surface area contributed by atoms with Crippen LogP contribution in [0, 0.1) is 0 Å². The number of ether oxygens (including phenoxy) is 11. The van der Waals surface area contributed by atoms with Crippen molar-refractivity contribution in [1.29, 1.82) is 0 Å². The Morgan fingerprint density at radius 3 is 0.880 bits per heavy atom. The molecule has 12 heteroatoms. The quantitative estimate of drug-likeness (QED) is 0.0481. The van der Waals surface area contributed by atoms with E-state index in [1.807, 2.05) is 212 Å². The maximum Gasteiger partial charge on any atom is 0.302 e. The first-order chi connectivity index (χ1) is 37.0. The fraction of sp³-hybridized carbons (Fsp3) is 0.317. The fourth-order valence-corrected chi connectivity index (χ4v) is 9.18. The minimum absolute atomic E-state index is 0.109. The van der Waals surface area contributed by atoms with E-state index in [0.717, 1.165) is 38.9 Å². The molecule has 0 aliphatic carbocycles. The lowest BCUT2D eigenvalue weighted by Crippen LogP contribution is -2.66. The van der Waals surface area contributed by atoms with Gasteiger partial charge in [-0.1, -0.05) is 212 Å². The van der Waals surface area contributed by atoms with Gasteiger partial charge in [0.05, 0.1) is 52.9 Å². The van der Waals surface area contributed by atoms with Crippen LogP contribution in [0.25, 0.3) is 0 Å². The molecule has 390 valence electrons. The molecule has 9 rings (SSSR count). The Hall–Kier alpha value is -6.39. The van der Waals surface area contributed by atoms with Crippen molar-refractivity contribution in [3.05, 3.63) is 251 Å². The maximum absolute atomic E-state index is 12.6.